The normalized spacial score (nSPS) is 14.5. The molecule has 10 nitrogen and oxygen atoms in total. The zero-order chi connectivity index (χ0) is 37.5. The van der Waals surface area contributed by atoms with E-state index in [1.807, 2.05) is 78.6 Å². The number of amides is 3. The van der Waals surface area contributed by atoms with Gasteiger partial charge >= 0.3 is 0 Å². The number of hydrogen-bond acceptors (Lipinski definition) is 6. The highest BCUT2D eigenvalue weighted by atomic mass is 16.5. The minimum absolute atomic E-state index is 0.141. The van der Waals surface area contributed by atoms with Crippen molar-refractivity contribution >= 4 is 34.2 Å². The molecule has 6 rings (SSSR count). The van der Waals surface area contributed by atoms with Crippen molar-refractivity contribution in [3.05, 3.63) is 125 Å². The summed E-state index contributed by atoms with van der Waals surface area (Å²) < 4.78 is 7.32. The van der Waals surface area contributed by atoms with Crippen LogP contribution in [0.5, 0.6) is 0 Å². The van der Waals surface area contributed by atoms with E-state index in [1.165, 1.54) is 7.11 Å². The monoisotopic (exact) mass is 715 g/mol. The summed E-state index contributed by atoms with van der Waals surface area (Å²) in [7, 11) is 1.49. The maximum absolute atomic E-state index is 14.7. The van der Waals surface area contributed by atoms with Gasteiger partial charge in [0.25, 0.3) is 17.7 Å². The number of anilines is 1. The van der Waals surface area contributed by atoms with E-state index in [4.69, 9.17) is 9.84 Å². The van der Waals surface area contributed by atoms with Crippen molar-refractivity contribution in [1.29, 1.82) is 0 Å². The van der Waals surface area contributed by atoms with Crippen molar-refractivity contribution in [3.8, 4) is 5.69 Å². The van der Waals surface area contributed by atoms with Crippen LogP contribution in [0.15, 0.2) is 91.0 Å². The maximum atomic E-state index is 14.7. The Bertz CT molecular complexity index is 2080. The molecule has 276 valence electrons. The van der Waals surface area contributed by atoms with Gasteiger partial charge in [-0.15, -0.1) is 0 Å². The van der Waals surface area contributed by atoms with Crippen molar-refractivity contribution in [3.63, 3.8) is 0 Å². The van der Waals surface area contributed by atoms with E-state index >= 15 is 0 Å². The molecule has 53 heavy (non-hydrogen) atoms. The van der Waals surface area contributed by atoms with Gasteiger partial charge in [-0.25, -0.2) is 4.68 Å². The maximum Gasteiger partial charge on any atom is 0.274 e. The van der Waals surface area contributed by atoms with Crippen LogP contribution >= 0.6 is 0 Å². The highest BCUT2D eigenvalue weighted by molar-refractivity contribution is 6.02. The Morgan fingerprint density at radius 3 is 2.30 bits per heavy atom. The second-order valence-electron chi connectivity index (χ2n) is 13.8. The van der Waals surface area contributed by atoms with Crippen LogP contribution in [-0.2, 0) is 22.5 Å². The second kappa shape index (κ2) is 17.0. The molecule has 1 aliphatic heterocycles. The summed E-state index contributed by atoms with van der Waals surface area (Å²) in [6, 6.07) is 28.1. The van der Waals surface area contributed by atoms with Crippen LogP contribution in [-0.4, -0.2) is 75.3 Å². The van der Waals surface area contributed by atoms with Gasteiger partial charge in [0.15, 0.2) is 11.8 Å². The molecule has 0 bridgehead atoms. The highest BCUT2D eigenvalue weighted by Crippen LogP contribution is 2.30. The Kier molecular flexibility index (Phi) is 12.0. The van der Waals surface area contributed by atoms with Gasteiger partial charge in [-0.05, 0) is 84.0 Å². The standard InChI is InChI=1S/C43H49N5O5/c1-5-7-21-46(22-8-6-2)43(52)38-23-29(3)48(45-38)39-20-19-35(44-41(50)40(53-4)33-18-17-30-13-9-10-14-31(30)24-33)26-37(39)42(51)47-27-34-16-12-11-15-32(34)25-36(47)28-49/h9-20,23-24,26,36,40,49H,5-8,21-22,25,27-28H2,1-4H3,(H,44,50)/t36-,40+/m0/s1. The Labute approximate surface area is 311 Å². The number of aryl methyl sites for hydroxylation is 1. The first kappa shape index (κ1) is 37.4. The molecular weight excluding hydrogens is 667 g/mol. The number of hydrogen-bond donors (Lipinski definition) is 2. The molecule has 1 aliphatic rings. The number of benzene rings is 4. The lowest BCUT2D eigenvalue weighted by molar-refractivity contribution is -0.126. The van der Waals surface area contributed by atoms with Gasteiger partial charge in [0.2, 0.25) is 0 Å². The second-order valence-corrected chi connectivity index (χ2v) is 13.8. The molecule has 0 spiro atoms. The van der Waals surface area contributed by atoms with E-state index in [2.05, 4.69) is 19.2 Å². The molecule has 2 atom stereocenters. The van der Waals surface area contributed by atoms with Gasteiger partial charge in [-0.2, -0.15) is 5.10 Å². The fourth-order valence-corrected chi connectivity index (χ4v) is 7.08. The van der Waals surface area contributed by atoms with Crippen LogP contribution in [0.3, 0.4) is 0 Å². The molecular formula is C43H49N5O5. The van der Waals surface area contributed by atoms with E-state index in [-0.39, 0.29) is 24.0 Å². The number of carbonyl (C=O) groups is 3. The Hall–Kier alpha value is -5.32. The van der Waals surface area contributed by atoms with Gasteiger partial charge < -0.3 is 25.0 Å². The molecule has 0 fully saturated rings. The van der Waals surface area contributed by atoms with Crippen LogP contribution in [0.1, 0.15) is 88.9 Å². The lowest BCUT2D eigenvalue weighted by atomic mass is 9.93. The summed E-state index contributed by atoms with van der Waals surface area (Å²) >= 11 is 0. The number of methoxy groups -OCH3 is 1. The van der Waals surface area contributed by atoms with E-state index in [0.29, 0.717) is 54.4 Å². The Morgan fingerprint density at radius 1 is 0.906 bits per heavy atom. The average Bonchev–Trinajstić information content (AvgIpc) is 3.58. The molecule has 4 aromatic carbocycles. The molecule has 10 heteroatoms. The van der Waals surface area contributed by atoms with Crippen LogP contribution in [0.2, 0.25) is 0 Å². The number of ether oxygens (including phenoxy) is 1. The number of nitrogens with zero attached hydrogens (tertiary/aromatic N) is 4. The number of aliphatic hydroxyl groups excluding tert-OH is 1. The molecule has 2 N–H and O–H groups in total. The first-order valence-electron chi connectivity index (χ1n) is 18.6. The van der Waals surface area contributed by atoms with Crippen molar-refractivity contribution in [1.82, 2.24) is 19.6 Å². The molecule has 5 aromatic rings. The fourth-order valence-electron chi connectivity index (χ4n) is 7.08. The molecule has 1 aromatic heterocycles. The Morgan fingerprint density at radius 2 is 1.60 bits per heavy atom. The Balaban J connectivity index is 1.37. The van der Waals surface area contributed by atoms with Crippen LogP contribution < -0.4 is 5.32 Å². The number of rotatable bonds is 14. The topological polar surface area (TPSA) is 117 Å². The molecule has 2 heterocycles. The third-order valence-corrected chi connectivity index (χ3v) is 10.1. The number of carbonyl (C=O) groups excluding carboxylic acids is 3. The minimum atomic E-state index is -0.902. The number of unbranched alkanes of at least 4 members (excludes halogenated alkanes) is 2. The quantitative estimate of drug-likeness (QED) is 0.125. The van der Waals surface area contributed by atoms with E-state index in [1.54, 1.807) is 33.8 Å². The van der Waals surface area contributed by atoms with Crippen LogP contribution in [0.25, 0.3) is 16.5 Å². The minimum Gasteiger partial charge on any atom is -0.394 e. The number of aromatic nitrogens is 2. The SMILES string of the molecule is CCCCN(CCCC)C(=O)c1cc(C)n(-c2ccc(NC(=O)[C@H](OC)c3ccc4ccccc4c3)cc2C(=O)N2Cc3ccccc3C[C@H]2CO)n1. The molecule has 0 radical (unpaired) electrons. The van der Waals surface area contributed by atoms with Gasteiger partial charge in [-0.1, -0.05) is 87.4 Å². The van der Waals surface area contributed by atoms with Crippen LogP contribution in [0.4, 0.5) is 5.69 Å². The number of aliphatic hydroxyl groups is 1. The third kappa shape index (κ3) is 8.19. The molecule has 0 saturated heterocycles. The van der Waals surface area contributed by atoms with Crippen LogP contribution in [0, 0.1) is 6.92 Å². The van der Waals surface area contributed by atoms with Crippen molar-refractivity contribution in [2.24, 2.45) is 0 Å². The molecule has 0 unspecified atom stereocenters. The average molecular weight is 716 g/mol. The summed E-state index contributed by atoms with van der Waals surface area (Å²) in [5.41, 5.74) is 4.94. The smallest absolute Gasteiger partial charge is 0.274 e. The number of nitrogens with one attached hydrogen (secondary N) is 1. The zero-order valence-corrected chi connectivity index (χ0v) is 31.0. The lowest BCUT2D eigenvalue weighted by Gasteiger charge is -2.36. The number of fused-ring (bicyclic) bond motifs is 2. The third-order valence-electron chi connectivity index (χ3n) is 10.1. The van der Waals surface area contributed by atoms with Gasteiger partial charge in [0.05, 0.1) is 23.9 Å². The predicted octanol–water partition coefficient (Wildman–Crippen LogP) is 7.26. The zero-order valence-electron chi connectivity index (χ0n) is 31.0. The first-order valence-corrected chi connectivity index (χ1v) is 18.6. The van der Waals surface area contributed by atoms with E-state index in [0.717, 1.165) is 47.6 Å². The van der Waals surface area contributed by atoms with Gasteiger partial charge in [0.1, 0.15) is 0 Å². The van der Waals surface area contributed by atoms with Gasteiger partial charge in [-0.3, -0.25) is 14.4 Å². The summed E-state index contributed by atoms with van der Waals surface area (Å²) in [6.45, 7) is 7.48. The lowest BCUT2D eigenvalue weighted by Crippen LogP contribution is -2.46. The largest absolute Gasteiger partial charge is 0.394 e. The first-order chi connectivity index (χ1) is 25.8. The summed E-state index contributed by atoms with van der Waals surface area (Å²) in [4.78, 5) is 45.8. The predicted molar refractivity (Wildman–Crippen MR) is 207 cm³/mol. The molecule has 0 saturated carbocycles. The van der Waals surface area contributed by atoms with Crippen molar-refractivity contribution < 1.29 is 24.2 Å². The van der Waals surface area contributed by atoms with E-state index < -0.39 is 18.1 Å². The van der Waals surface area contributed by atoms with E-state index in [9.17, 15) is 19.5 Å². The highest BCUT2D eigenvalue weighted by Gasteiger charge is 2.32. The molecule has 0 aliphatic carbocycles. The van der Waals surface area contributed by atoms with Gasteiger partial charge in [0, 0.05) is 38.1 Å². The fraction of sp³-hybridized carbons (Fsp3) is 0.349. The summed E-state index contributed by atoms with van der Waals surface area (Å²) in [5.74, 6) is -0.855. The summed E-state index contributed by atoms with van der Waals surface area (Å²) in [6.07, 6.45) is 3.35. The summed E-state index contributed by atoms with van der Waals surface area (Å²) in [5, 5.41) is 20.3. The van der Waals surface area contributed by atoms with Crippen molar-refractivity contribution in [2.75, 3.05) is 32.1 Å². The molecule has 3 amide bonds. The van der Waals surface area contributed by atoms with Crippen molar-refractivity contribution in [2.45, 2.75) is 71.6 Å².